The zero-order chi connectivity index (χ0) is 13.9. The number of hydrogen-bond acceptors (Lipinski definition) is 3. The van der Waals surface area contributed by atoms with Crippen LogP contribution >= 0.6 is 0 Å². The van der Waals surface area contributed by atoms with E-state index in [4.69, 9.17) is 5.73 Å². The number of nitrogens with zero attached hydrogens (tertiary/aromatic N) is 2. The van der Waals surface area contributed by atoms with Crippen LogP contribution in [0, 0.1) is 0 Å². The Labute approximate surface area is 120 Å². The second-order valence-corrected chi connectivity index (χ2v) is 5.75. The van der Waals surface area contributed by atoms with E-state index in [0.717, 1.165) is 38.9 Å². The number of benzene rings is 1. The summed E-state index contributed by atoms with van der Waals surface area (Å²) < 4.78 is 0. The Morgan fingerprint density at radius 3 is 2.70 bits per heavy atom. The fourth-order valence-electron chi connectivity index (χ4n) is 3.36. The van der Waals surface area contributed by atoms with E-state index >= 15 is 0 Å². The van der Waals surface area contributed by atoms with Crippen molar-refractivity contribution in [2.75, 3.05) is 31.1 Å². The first-order valence-electron chi connectivity index (χ1n) is 7.62. The van der Waals surface area contributed by atoms with Gasteiger partial charge in [0.2, 0.25) is 5.91 Å². The highest BCUT2D eigenvalue weighted by atomic mass is 16.2. The van der Waals surface area contributed by atoms with E-state index in [-0.39, 0.29) is 11.9 Å². The molecule has 20 heavy (non-hydrogen) atoms. The summed E-state index contributed by atoms with van der Waals surface area (Å²) in [5, 5.41) is 0. The van der Waals surface area contributed by atoms with Crippen LogP contribution in [0.25, 0.3) is 0 Å². The topological polar surface area (TPSA) is 49.6 Å². The third-order valence-electron chi connectivity index (χ3n) is 4.50. The van der Waals surface area contributed by atoms with Crippen LogP contribution in [0.4, 0.5) is 5.69 Å². The Hall–Kier alpha value is -1.55. The Morgan fingerprint density at radius 1 is 1.20 bits per heavy atom. The molecule has 1 saturated heterocycles. The molecule has 0 radical (unpaired) electrons. The smallest absolute Gasteiger partial charge is 0.224 e. The SMILES string of the molecule is NCC(CC(=O)N1CCCC1)N1CCc2ccccc21. The highest BCUT2D eigenvalue weighted by Gasteiger charge is 2.28. The van der Waals surface area contributed by atoms with Crippen molar-refractivity contribution >= 4 is 11.6 Å². The van der Waals surface area contributed by atoms with Crippen LogP contribution in [-0.2, 0) is 11.2 Å². The molecule has 1 fully saturated rings. The van der Waals surface area contributed by atoms with Gasteiger partial charge in [0.25, 0.3) is 0 Å². The maximum atomic E-state index is 12.3. The van der Waals surface area contributed by atoms with Crippen molar-refractivity contribution < 1.29 is 4.79 Å². The summed E-state index contributed by atoms with van der Waals surface area (Å²) in [5.74, 6) is 0.266. The largest absolute Gasteiger partial charge is 0.366 e. The first-order chi connectivity index (χ1) is 9.79. The molecule has 1 amide bonds. The zero-order valence-electron chi connectivity index (χ0n) is 11.9. The maximum absolute atomic E-state index is 12.3. The normalized spacial score (nSPS) is 19.2. The summed E-state index contributed by atoms with van der Waals surface area (Å²) in [7, 11) is 0. The molecule has 0 aromatic heterocycles. The lowest BCUT2D eigenvalue weighted by Crippen LogP contribution is -2.43. The predicted octanol–water partition coefficient (Wildman–Crippen LogP) is 1.39. The molecular weight excluding hydrogens is 250 g/mol. The number of carbonyl (C=O) groups excluding carboxylic acids is 1. The summed E-state index contributed by atoms with van der Waals surface area (Å²) >= 11 is 0. The molecule has 2 aliphatic heterocycles. The summed E-state index contributed by atoms with van der Waals surface area (Å²) in [6.45, 7) is 3.36. The van der Waals surface area contributed by atoms with Crippen LogP contribution < -0.4 is 10.6 Å². The van der Waals surface area contributed by atoms with Crippen LogP contribution in [-0.4, -0.2) is 43.0 Å². The van der Waals surface area contributed by atoms with Crippen LogP contribution in [0.3, 0.4) is 0 Å². The molecule has 2 N–H and O–H groups in total. The number of rotatable bonds is 4. The highest BCUT2D eigenvalue weighted by molar-refractivity contribution is 5.78. The number of hydrogen-bond donors (Lipinski definition) is 1. The minimum Gasteiger partial charge on any atom is -0.366 e. The summed E-state index contributed by atoms with van der Waals surface area (Å²) in [4.78, 5) is 16.6. The maximum Gasteiger partial charge on any atom is 0.224 e. The lowest BCUT2D eigenvalue weighted by atomic mass is 10.1. The molecule has 0 aliphatic carbocycles. The molecule has 1 unspecified atom stereocenters. The zero-order valence-corrected chi connectivity index (χ0v) is 11.9. The number of amides is 1. The molecule has 2 heterocycles. The minimum absolute atomic E-state index is 0.131. The standard InChI is InChI=1S/C16H23N3O/c17-12-14(11-16(20)18-8-3-4-9-18)19-10-7-13-5-1-2-6-15(13)19/h1-2,5-6,14H,3-4,7-12,17H2. The van der Waals surface area contributed by atoms with Crippen LogP contribution in [0.15, 0.2) is 24.3 Å². The fraction of sp³-hybridized carbons (Fsp3) is 0.562. The van der Waals surface area contributed by atoms with Crippen molar-refractivity contribution in [1.82, 2.24) is 4.90 Å². The molecule has 1 aromatic carbocycles. The molecule has 1 aromatic rings. The molecule has 0 spiro atoms. The first kappa shape index (κ1) is 13.4. The van der Waals surface area contributed by atoms with Crippen molar-refractivity contribution in [2.45, 2.75) is 31.7 Å². The van der Waals surface area contributed by atoms with Gasteiger partial charge in [-0.15, -0.1) is 0 Å². The van der Waals surface area contributed by atoms with E-state index in [2.05, 4.69) is 29.2 Å². The molecule has 4 heteroatoms. The van der Waals surface area contributed by atoms with Gasteiger partial charge in [-0.25, -0.2) is 0 Å². The average molecular weight is 273 g/mol. The quantitative estimate of drug-likeness (QED) is 0.902. The van der Waals surface area contributed by atoms with Gasteiger partial charge in [-0.2, -0.15) is 0 Å². The van der Waals surface area contributed by atoms with Crippen LogP contribution in [0.2, 0.25) is 0 Å². The second-order valence-electron chi connectivity index (χ2n) is 5.75. The van der Waals surface area contributed by atoms with E-state index in [1.165, 1.54) is 11.3 Å². The van der Waals surface area contributed by atoms with Crippen LogP contribution in [0.5, 0.6) is 0 Å². The van der Waals surface area contributed by atoms with E-state index < -0.39 is 0 Å². The number of anilines is 1. The van der Waals surface area contributed by atoms with Crippen molar-refractivity contribution in [3.8, 4) is 0 Å². The Bertz CT molecular complexity index is 482. The van der Waals surface area contributed by atoms with Gasteiger partial charge in [-0.3, -0.25) is 4.79 Å². The summed E-state index contributed by atoms with van der Waals surface area (Å²) in [6, 6.07) is 8.59. The Balaban J connectivity index is 1.69. The van der Waals surface area contributed by atoms with Crippen molar-refractivity contribution in [3.05, 3.63) is 29.8 Å². The van der Waals surface area contributed by atoms with E-state index in [0.29, 0.717) is 13.0 Å². The molecule has 0 saturated carbocycles. The number of fused-ring (bicyclic) bond motifs is 1. The van der Waals surface area contributed by atoms with Gasteiger partial charge in [-0.05, 0) is 30.9 Å². The summed E-state index contributed by atoms with van der Waals surface area (Å²) in [6.07, 6.45) is 3.90. The molecular formula is C16H23N3O. The average Bonchev–Trinajstić information content (AvgIpc) is 3.14. The number of carbonyl (C=O) groups is 1. The van der Waals surface area contributed by atoms with Crippen molar-refractivity contribution in [3.63, 3.8) is 0 Å². The monoisotopic (exact) mass is 273 g/mol. The lowest BCUT2D eigenvalue weighted by Gasteiger charge is -2.30. The van der Waals surface area contributed by atoms with Gasteiger partial charge in [-0.1, -0.05) is 18.2 Å². The first-order valence-corrected chi connectivity index (χ1v) is 7.62. The molecule has 108 valence electrons. The number of nitrogens with two attached hydrogens (primary N) is 1. The lowest BCUT2D eigenvalue weighted by molar-refractivity contribution is -0.130. The van der Waals surface area contributed by atoms with E-state index in [1.807, 2.05) is 4.90 Å². The van der Waals surface area contributed by atoms with Gasteiger partial charge < -0.3 is 15.5 Å². The van der Waals surface area contributed by atoms with Gasteiger partial charge in [0.15, 0.2) is 0 Å². The van der Waals surface area contributed by atoms with Gasteiger partial charge >= 0.3 is 0 Å². The van der Waals surface area contributed by atoms with Gasteiger partial charge in [0.05, 0.1) is 0 Å². The van der Waals surface area contributed by atoms with Crippen LogP contribution in [0.1, 0.15) is 24.8 Å². The Morgan fingerprint density at radius 2 is 1.95 bits per heavy atom. The third kappa shape index (κ3) is 2.52. The van der Waals surface area contributed by atoms with Gasteiger partial charge in [0, 0.05) is 44.3 Å². The van der Waals surface area contributed by atoms with Crippen molar-refractivity contribution in [1.29, 1.82) is 0 Å². The second kappa shape index (κ2) is 5.83. The predicted molar refractivity (Wildman–Crippen MR) is 80.8 cm³/mol. The highest BCUT2D eigenvalue weighted by Crippen LogP contribution is 2.30. The molecule has 0 bridgehead atoms. The van der Waals surface area contributed by atoms with Gasteiger partial charge in [0.1, 0.15) is 0 Å². The number of likely N-dealkylation sites (tertiary alicyclic amines) is 1. The van der Waals surface area contributed by atoms with E-state index in [1.54, 1.807) is 0 Å². The minimum atomic E-state index is 0.131. The third-order valence-corrected chi connectivity index (χ3v) is 4.50. The Kier molecular flexibility index (Phi) is 3.92. The molecule has 1 atom stereocenters. The molecule has 3 rings (SSSR count). The van der Waals surface area contributed by atoms with E-state index in [9.17, 15) is 4.79 Å². The summed E-state index contributed by atoms with van der Waals surface area (Å²) in [5.41, 5.74) is 8.58. The fourth-order valence-corrected chi connectivity index (χ4v) is 3.36. The molecule has 4 nitrogen and oxygen atoms in total. The number of para-hydroxylation sites is 1. The molecule has 2 aliphatic rings. The van der Waals surface area contributed by atoms with Crippen molar-refractivity contribution in [2.24, 2.45) is 5.73 Å².